The molecule has 0 aliphatic heterocycles. The first-order valence-corrected chi connectivity index (χ1v) is 5.35. The predicted molar refractivity (Wildman–Crippen MR) is 62.2 cm³/mol. The normalized spacial score (nSPS) is 10.7. The summed E-state index contributed by atoms with van der Waals surface area (Å²) in [5.74, 6) is 0.717. The van der Waals surface area contributed by atoms with Gasteiger partial charge in [0.05, 0.1) is 5.69 Å². The molecule has 0 atom stereocenters. The van der Waals surface area contributed by atoms with Crippen molar-refractivity contribution in [2.75, 3.05) is 6.61 Å². The van der Waals surface area contributed by atoms with Crippen molar-refractivity contribution in [1.82, 2.24) is 14.5 Å². The average Bonchev–Trinajstić information content (AvgIpc) is 2.59. The number of halogens is 1. The van der Waals surface area contributed by atoms with Crippen LogP contribution in [0.2, 0.25) is 5.15 Å². The highest BCUT2D eigenvalue weighted by Crippen LogP contribution is 2.23. The maximum atomic E-state index is 8.93. The molecule has 4 nitrogen and oxygen atoms in total. The lowest BCUT2D eigenvalue weighted by molar-refractivity contribution is 0.297. The Morgan fingerprint density at radius 1 is 1.44 bits per heavy atom. The van der Waals surface area contributed by atoms with Gasteiger partial charge in [0, 0.05) is 26.3 Å². The first-order chi connectivity index (χ1) is 7.74. The fraction of sp³-hybridized carbons (Fsp3) is 0.273. The third kappa shape index (κ3) is 1.94. The van der Waals surface area contributed by atoms with E-state index in [0.29, 0.717) is 17.4 Å². The monoisotopic (exact) mass is 237 g/mol. The minimum absolute atomic E-state index is 0.0565. The summed E-state index contributed by atoms with van der Waals surface area (Å²) in [4.78, 5) is 8.47. The van der Waals surface area contributed by atoms with E-state index in [0.717, 1.165) is 11.4 Å². The lowest BCUT2D eigenvalue weighted by Gasteiger charge is -2.03. The third-order valence-corrected chi connectivity index (χ3v) is 2.71. The molecule has 16 heavy (non-hydrogen) atoms. The van der Waals surface area contributed by atoms with Gasteiger partial charge in [-0.2, -0.15) is 0 Å². The number of nitrogens with zero attached hydrogens (tertiary/aromatic N) is 3. The van der Waals surface area contributed by atoms with Gasteiger partial charge >= 0.3 is 0 Å². The lowest BCUT2D eigenvalue weighted by Crippen LogP contribution is -2.02. The van der Waals surface area contributed by atoms with Crippen LogP contribution in [-0.2, 0) is 13.5 Å². The van der Waals surface area contributed by atoms with Crippen molar-refractivity contribution in [3.8, 4) is 11.5 Å². The molecule has 1 N–H and O–H groups in total. The Morgan fingerprint density at radius 3 is 2.88 bits per heavy atom. The van der Waals surface area contributed by atoms with E-state index in [1.54, 1.807) is 6.20 Å². The van der Waals surface area contributed by atoms with Gasteiger partial charge in [-0.3, -0.25) is 4.98 Å². The second kappa shape index (κ2) is 4.63. The summed E-state index contributed by atoms with van der Waals surface area (Å²) in [5.41, 5.74) is 1.60. The molecule has 0 fully saturated rings. The summed E-state index contributed by atoms with van der Waals surface area (Å²) in [5, 5.41) is 9.36. The highest BCUT2D eigenvalue weighted by Gasteiger charge is 2.14. The minimum Gasteiger partial charge on any atom is -0.396 e. The van der Waals surface area contributed by atoms with Crippen molar-refractivity contribution in [3.63, 3.8) is 0 Å². The number of hydrogen-bond acceptors (Lipinski definition) is 3. The van der Waals surface area contributed by atoms with Gasteiger partial charge in [0.15, 0.2) is 11.0 Å². The number of hydrogen-bond donors (Lipinski definition) is 1. The van der Waals surface area contributed by atoms with E-state index >= 15 is 0 Å². The fourth-order valence-electron chi connectivity index (χ4n) is 1.60. The van der Waals surface area contributed by atoms with E-state index in [9.17, 15) is 0 Å². The second-order valence-corrected chi connectivity index (χ2v) is 3.78. The van der Waals surface area contributed by atoms with Gasteiger partial charge in [-0.05, 0) is 12.1 Å². The average molecular weight is 238 g/mol. The molecule has 5 heteroatoms. The van der Waals surface area contributed by atoms with Crippen molar-refractivity contribution in [1.29, 1.82) is 0 Å². The van der Waals surface area contributed by atoms with Crippen molar-refractivity contribution in [3.05, 3.63) is 35.2 Å². The lowest BCUT2D eigenvalue weighted by atomic mass is 10.3. The SMILES string of the molecule is Cn1c(-c2ccccn2)nc(Cl)c1CCO. The molecule has 2 heterocycles. The van der Waals surface area contributed by atoms with Crippen LogP contribution in [0.3, 0.4) is 0 Å². The smallest absolute Gasteiger partial charge is 0.160 e. The molecular formula is C11H12ClN3O. The van der Waals surface area contributed by atoms with Crippen molar-refractivity contribution in [2.24, 2.45) is 7.05 Å². The van der Waals surface area contributed by atoms with Crippen LogP contribution in [0, 0.1) is 0 Å². The highest BCUT2D eigenvalue weighted by molar-refractivity contribution is 6.30. The Balaban J connectivity index is 2.47. The number of rotatable bonds is 3. The van der Waals surface area contributed by atoms with Gasteiger partial charge in [0.25, 0.3) is 0 Å². The summed E-state index contributed by atoms with van der Waals surface area (Å²) in [6.07, 6.45) is 2.21. The summed E-state index contributed by atoms with van der Waals surface area (Å²) >= 11 is 6.01. The van der Waals surface area contributed by atoms with Crippen molar-refractivity contribution < 1.29 is 5.11 Å². The van der Waals surface area contributed by atoms with Gasteiger partial charge < -0.3 is 9.67 Å². The Kier molecular flexibility index (Phi) is 3.22. The molecule has 0 aromatic carbocycles. The zero-order valence-corrected chi connectivity index (χ0v) is 9.65. The van der Waals surface area contributed by atoms with Crippen LogP contribution in [0.1, 0.15) is 5.69 Å². The zero-order valence-electron chi connectivity index (χ0n) is 8.89. The number of aliphatic hydroxyl groups is 1. The van der Waals surface area contributed by atoms with E-state index in [1.165, 1.54) is 0 Å². The minimum atomic E-state index is 0.0565. The topological polar surface area (TPSA) is 50.9 Å². The van der Waals surface area contributed by atoms with Crippen LogP contribution in [-0.4, -0.2) is 26.2 Å². The Morgan fingerprint density at radius 2 is 2.25 bits per heavy atom. The van der Waals surface area contributed by atoms with Crippen LogP contribution in [0.15, 0.2) is 24.4 Å². The molecular weight excluding hydrogens is 226 g/mol. The van der Waals surface area contributed by atoms with E-state index in [-0.39, 0.29) is 6.61 Å². The van der Waals surface area contributed by atoms with E-state index < -0.39 is 0 Å². The molecule has 0 saturated carbocycles. The Bertz CT molecular complexity index is 481. The Hall–Kier alpha value is -1.39. The summed E-state index contributed by atoms with van der Waals surface area (Å²) in [6, 6.07) is 5.63. The molecule has 0 saturated heterocycles. The first kappa shape index (κ1) is 11.1. The predicted octanol–water partition coefficient (Wildman–Crippen LogP) is 1.67. The number of pyridine rings is 1. The molecule has 2 rings (SSSR count). The molecule has 84 valence electrons. The summed E-state index contributed by atoms with van der Waals surface area (Å²) < 4.78 is 1.86. The van der Waals surface area contributed by atoms with Gasteiger partial charge in [-0.25, -0.2) is 4.98 Å². The Labute approximate surface area is 98.5 Å². The van der Waals surface area contributed by atoms with Crippen LogP contribution >= 0.6 is 11.6 Å². The number of aliphatic hydroxyl groups excluding tert-OH is 1. The summed E-state index contributed by atoms with van der Waals surface area (Å²) in [6.45, 7) is 0.0565. The molecule has 2 aromatic rings. The number of imidazole rings is 1. The van der Waals surface area contributed by atoms with Crippen LogP contribution < -0.4 is 0 Å². The van der Waals surface area contributed by atoms with Gasteiger partial charge in [0.2, 0.25) is 0 Å². The quantitative estimate of drug-likeness (QED) is 0.884. The summed E-state index contributed by atoms with van der Waals surface area (Å²) in [7, 11) is 1.87. The highest BCUT2D eigenvalue weighted by atomic mass is 35.5. The molecule has 0 aliphatic carbocycles. The van der Waals surface area contributed by atoms with Crippen molar-refractivity contribution in [2.45, 2.75) is 6.42 Å². The third-order valence-electron chi connectivity index (χ3n) is 2.41. The molecule has 0 radical (unpaired) electrons. The molecule has 2 aromatic heterocycles. The molecule has 0 bridgehead atoms. The standard InChI is InChI=1S/C11H12ClN3O/c1-15-9(5-7-16)10(12)14-11(15)8-4-2-3-6-13-8/h2-4,6,16H,5,7H2,1H3. The van der Waals surface area contributed by atoms with E-state index in [1.807, 2.05) is 29.8 Å². The molecule has 0 unspecified atom stereocenters. The van der Waals surface area contributed by atoms with Gasteiger partial charge in [0.1, 0.15) is 5.69 Å². The van der Waals surface area contributed by atoms with Crippen LogP contribution in [0.25, 0.3) is 11.5 Å². The first-order valence-electron chi connectivity index (χ1n) is 4.97. The molecule has 0 spiro atoms. The zero-order chi connectivity index (χ0) is 11.5. The largest absolute Gasteiger partial charge is 0.396 e. The van der Waals surface area contributed by atoms with Crippen molar-refractivity contribution >= 4 is 11.6 Å². The second-order valence-electron chi connectivity index (χ2n) is 3.42. The maximum absolute atomic E-state index is 8.93. The molecule has 0 aliphatic rings. The van der Waals surface area contributed by atoms with Crippen LogP contribution in [0.4, 0.5) is 0 Å². The van der Waals surface area contributed by atoms with E-state index in [2.05, 4.69) is 9.97 Å². The van der Waals surface area contributed by atoms with Gasteiger partial charge in [-0.15, -0.1) is 0 Å². The van der Waals surface area contributed by atoms with E-state index in [4.69, 9.17) is 16.7 Å². The number of aromatic nitrogens is 3. The fourth-order valence-corrected chi connectivity index (χ4v) is 1.90. The maximum Gasteiger partial charge on any atom is 0.160 e. The van der Waals surface area contributed by atoms with Crippen LogP contribution in [0.5, 0.6) is 0 Å². The van der Waals surface area contributed by atoms with Gasteiger partial charge in [-0.1, -0.05) is 17.7 Å². The molecule has 0 amide bonds.